The molecule has 0 saturated heterocycles. The first-order chi connectivity index (χ1) is 21.0. The van der Waals surface area contributed by atoms with Crippen LogP contribution in [-0.4, -0.2) is 72.0 Å². The van der Waals surface area contributed by atoms with Crippen molar-refractivity contribution < 1.29 is 9.59 Å². The zero-order chi connectivity index (χ0) is 32.0. The molecule has 0 aliphatic rings. The number of benzene rings is 4. The average Bonchev–Trinajstić information content (AvgIpc) is 2.99. The van der Waals surface area contributed by atoms with Gasteiger partial charge in [0.1, 0.15) is 0 Å². The predicted molar refractivity (Wildman–Crippen MR) is 187 cm³/mol. The number of hydrogen-bond donors (Lipinski definition) is 0. The molecule has 0 aliphatic carbocycles. The molecule has 2 amide bonds. The van der Waals surface area contributed by atoms with Crippen molar-refractivity contribution >= 4 is 47.0 Å². The molecular weight excluding hydrogens is 674 g/mol. The second kappa shape index (κ2) is 15.2. The Balaban J connectivity index is 1.70. The monoisotopic (exact) mass is 720 g/mol. The average molecular weight is 719 g/mol. The number of carbonyl (C=O) groups is 2. The maximum atomic E-state index is 13.8. The van der Waals surface area contributed by atoms with Gasteiger partial charge in [-0.3, -0.25) is 0 Å². The molecule has 6 heteroatoms. The van der Waals surface area contributed by atoms with Crippen LogP contribution in [0.25, 0.3) is 22.3 Å². The van der Waals surface area contributed by atoms with E-state index in [0.29, 0.717) is 0 Å². The zero-order valence-corrected chi connectivity index (χ0v) is 30.5. The number of nitrogens with zero attached hydrogens (tertiary/aromatic N) is 2. The van der Waals surface area contributed by atoms with E-state index in [0.717, 1.165) is 33.4 Å². The first-order valence-corrected chi connectivity index (χ1v) is 21.4. The third-order valence-corrected chi connectivity index (χ3v) is 14.8. The van der Waals surface area contributed by atoms with Crippen molar-refractivity contribution in [2.75, 3.05) is 0 Å². The quantitative estimate of drug-likeness (QED) is 0.160. The summed E-state index contributed by atoms with van der Waals surface area (Å²) in [6.07, 6.45) is 0. The van der Waals surface area contributed by atoms with Gasteiger partial charge in [-0.2, -0.15) is 0 Å². The van der Waals surface area contributed by atoms with Crippen LogP contribution in [0, 0.1) is 0 Å². The first kappa shape index (κ1) is 33.7. The normalized spacial score (nSPS) is 11.5. The summed E-state index contributed by atoms with van der Waals surface area (Å²) in [5.41, 5.74) is 5.73. The second-order valence-corrected chi connectivity index (χ2v) is 18.2. The molecule has 0 saturated carbocycles. The van der Waals surface area contributed by atoms with Crippen LogP contribution < -0.4 is 8.92 Å². The van der Waals surface area contributed by atoms with Gasteiger partial charge in [-0.25, -0.2) is 0 Å². The van der Waals surface area contributed by atoms with E-state index in [2.05, 4.69) is 116 Å². The summed E-state index contributed by atoms with van der Waals surface area (Å²) >= 11 is 0.291. The van der Waals surface area contributed by atoms with Crippen molar-refractivity contribution in [3.63, 3.8) is 0 Å². The number of rotatable bonds is 11. The molecule has 0 radical (unpaired) electrons. The second-order valence-electron chi connectivity index (χ2n) is 12.0. The van der Waals surface area contributed by atoms with Crippen molar-refractivity contribution in [3.8, 4) is 22.3 Å². The Hall–Kier alpha value is -3.14. The molecule has 0 spiro atoms. The van der Waals surface area contributed by atoms with Gasteiger partial charge in [0.05, 0.1) is 0 Å². The van der Waals surface area contributed by atoms with Crippen LogP contribution in [0.4, 0.5) is 0 Å². The Kier molecular flexibility index (Phi) is 11.7. The van der Waals surface area contributed by atoms with Gasteiger partial charge in [-0.1, -0.05) is 0 Å². The van der Waals surface area contributed by atoms with Crippen molar-refractivity contribution in [2.24, 2.45) is 0 Å². The number of hydrogen-bond acceptors (Lipinski definition) is 2. The van der Waals surface area contributed by atoms with Crippen LogP contribution in [0.15, 0.2) is 97.1 Å². The molecule has 0 aromatic heterocycles. The van der Waals surface area contributed by atoms with Gasteiger partial charge in [0.25, 0.3) is 0 Å². The van der Waals surface area contributed by atoms with Gasteiger partial charge >= 0.3 is 276 Å². The third kappa shape index (κ3) is 7.56. The summed E-state index contributed by atoms with van der Waals surface area (Å²) in [7, 11) is 0. The molecule has 0 N–H and O–H groups in total. The van der Waals surface area contributed by atoms with Gasteiger partial charge in [-0.05, 0) is 0 Å². The summed E-state index contributed by atoms with van der Waals surface area (Å²) in [4.78, 5) is 31.6. The van der Waals surface area contributed by atoms with Crippen molar-refractivity contribution in [1.29, 1.82) is 0 Å². The van der Waals surface area contributed by atoms with Crippen molar-refractivity contribution in [2.45, 2.75) is 79.6 Å². The van der Waals surface area contributed by atoms with Crippen LogP contribution in [0.3, 0.4) is 0 Å². The summed E-state index contributed by atoms with van der Waals surface area (Å²) in [6, 6.07) is 33.6. The predicted octanol–water partition coefficient (Wildman–Crippen LogP) is 6.81. The summed E-state index contributed by atoms with van der Waals surface area (Å²) < 4.78 is 2.57. The van der Waals surface area contributed by atoms with E-state index in [1.807, 2.05) is 46.2 Å². The first-order valence-electron chi connectivity index (χ1n) is 15.4. The van der Waals surface area contributed by atoms with Gasteiger partial charge in [0.2, 0.25) is 0 Å². The molecule has 0 unspecified atom stereocenters. The summed E-state index contributed by atoms with van der Waals surface area (Å²) in [6.45, 7) is 16.6. The molecule has 4 rings (SSSR count). The number of amides is 2. The van der Waals surface area contributed by atoms with E-state index in [1.54, 1.807) is 0 Å². The van der Waals surface area contributed by atoms with E-state index in [1.165, 1.54) is 8.92 Å². The molecule has 4 nitrogen and oxygen atoms in total. The summed E-state index contributed by atoms with van der Waals surface area (Å²) in [5.74, 6) is 0.142. The SMILES string of the molecule is CC(C)N(C(=O)c1ccccc1-c1ccccc1[Se][Se]c1ccccc1-c1ccccc1C(=O)N(C(C)C)C(C)C)C(C)C. The Morgan fingerprint density at radius 3 is 1.02 bits per heavy atom. The van der Waals surface area contributed by atoms with E-state index >= 15 is 0 Å². The molecule has 0 fully saturated rings. The Morgan fingerprint density at radius 1 is 0.432 bits per heavy atom. The van der Waals surface area contributed by atoms with Crippen LogP contribution >= 0.6 is 0 Å². The van der Waals surface area contributed by atoms with Crippen molar-refractivity contribution in [3.05, 3.63) is 108 Å². The Labute approximate surface area is 275 Å². The summed E-state index contributed by atoms with van der Waals surface area (Å²) in [5, 5.41) is 0. The molecule has 0 aliphatic heterocycles. The van der Waals surface area contributed by atoms with Crippen LogP contribution in [0.1, 0.15) is 76.1 Å². The Bertz CT molecular complexity index is 1460. The fraction of sp³-hybridized carbons (Fsp3) is 0.316. The standard InChI is InChI=1S/C38H44N2O2Se2/c1-25(2)39(26(3)4)37(41)33-21-11-9-17-29(33)31-19-13-15-23-35(31)43-44-36-24-16-14-20-32(36)30-18-10-12-22-34(30)38(42)40(27(5)6)28(7)8/h9-28H,1-8H3. The van der Waals surface area contributed by atoms with Gasteiger partial charge < -0.3 is 0 Å². The van der Waals surface area contributed by atoms with E-state index in [4.69, 9.17) is 0 Å². The van der Waals surface area contributed by atoms with Gasteiger partial charge in [-0.15, -0.1) is 0 Å². The maximum absolute atomic E-state index is 13.8. The fourth-order valence-electron chi connectivity index (χ4n) is 5.83. The van der Waals surface area contributed by atoms with E-state index < -0.39 is 0 Å². The topological polar surface area (TPSA) is 40.6 Å². The Morgan fingerprint density at radius 2 is 0.705 bits per heavy atom. The van der Waals surface area contributed by atoms with Crippen LogP contribution in [0.5, 0.6) is 0 Å². The van der Waals surface area contributed by atoms with Gasteiger partial charge in [0.15, 0.2) is 0 Å². The van der Waals surface area contributed by atoms with E-state index in [-0.39, 0.29) is 62.2 Å². The zero-order valence-electron chi connectivity index (χ0n) is 27.1. The number of carbonyl (C=O) groups excluding carboxylic acids is 2. The molecule has 44 heavy (non-hydrogen) atoms. The molecule has 0 bridgehead atoms. The van der Waals surface area contributed by atoms with Crippen LogP contribution in [-0.2, 0) is 0 Å². The molecule has 4 aromatic carbocycles. The minimum atomic E-state index is 0.0712. The van der Waals surface area contributed by atoms with Crippen molar-refractivity contribution in [1.82, 2.24) is 9.80 Å². The minimum absolute atomic E-state index is 0.0712. The molecule has 0 atom stereocenters. The third-order valence-electron chi connectivity index (χ3n) is 7.59. The van der Waals surface area contributed by atoms with Gasteiger partial charge in [0, 0.05) is 0 Å². The fourth-order valence-corrected chi connectivity index (χ4v) is 13.0. The molecule has 0 heterocycles. The molecular formula is C38H44N2O2Se2. The molecule has 4 aromatic rings. The molecule has 230 valence electrons. The van der Waals surface area contributed by atoms with E-state index in [9.17, 15) is 9.59 Å². The van der Waals surface area contributed by atoms with Crippen LogP contribution in [0.2, 0.25) is 0 Å².